The van der Waals surface area contributed by atoms with Gasteiger partial charge in [0.1, 0.15) is 5.75 Å². The minimum Gasteiger partial charge on any atom is -0.497 e. The van der Waals surface area contributed by atoms with Crippen LogP contribution in [0, 0.1) is 6.92 Å². The third kappa shape index (κ3) is 4.26. The number of hydrogen-bond acceptors (Lipinski definition) is 4. The average Bonchev–Trinajstić information content (AvgIpc) is 3.42. The Hall–Kier alpha value is -2.66. The summed E-state index contributed by atoms with van der Waals surface area (Å²) in [5.74, 6) is 0.909. The van der Waals surface area contributed by atoms with Crippen molar-refractivity contribution in [3.63, 3.8) is 0 Å². The molecule has 1 fully saturated rings. The molecule has 5 heteroatoms. The number of benzene rings is 2. The fraction of sp³-hybridized carbons (Fsp3) is 0.440. The van der Waals surface area contributed by atoms with E-state index in [1.807, 2.05) is 29.2 Å². The van der Waals surface area contributed by atoms with Gasteiger partial charge in [-0.2, -0.15) is 0 Å². The van der Waals surface area contributed by atoms with Gasteiger partial charge in [-0.1, -0.05) is 12.1 Å². The van der Waals surface area contributed by atoms with Crippen molar-refractivity contribution < 1.29 is 9.53 Å². The number of aryl methyl sites for hydroxylation is 1. The fourth-order valence-electron chi connectivity index (χ4n) is 4.45. The highest BCUT2D eigenvalue weighted by atomic mass is 16.5. The molecule has 0 unspecified atom stereocenters. The molecule has 0 saturated carbocycles. The Labute approximate surface area is 179 Å². The molecule has 158 valence electrons. The summed E-state index contributed by atoms with van der Waals surface area (Å²) in [6.07, 6.45) is 2.52. The topological polar surface area (TPSA) is 45.1 Å². The lowest BCUT2D eigenvalue weighted by atomic mass is 9.99. The highest BCUT2D eigenvalue weighted by Gasteiger charge is 2.25. The van der Waals surface area contributed by atoms with Crippen LogP contribution in [0.4, 0.5) is 0 Å². The van der Waals surface area contributed by atoms with Crippen molar-refractivity contribution in [2.75, 3.05) is 33.3 Å². The lowest BCUT2D eigenvalue weighted by molar-refractivity contribution is 0.0751. The number of amides is 1. The van der Waals surface area contributed by atoms with Gasteiger partial charge >= 0.3 is 0 Å². The molecule has 5 nitrogen and oxygen atoms in total. The second-order valence-corrected chi connectivity index (χ2v) is 8.23. The summed E-state index contributed by atoms with van der Waals surface area (Å²) in [4.78, 5) is 22.5. The van der Waals surface area contributed by atoms with Crippen LogP contribution in [0.25, 0.3) is 0 Å². The average molecular weight is 406 g/mol. The Morgan fingerprint density at radius 1 is 1.07 bits per heavy atom. The van der Waals surface area contributed by atoms with E-state index in [1.54, 1.807) is 7.11 Å². The quantitative estimate of drug-likeness (QED) is 0.681. The second-order valence-electron chi connectivity index (χ2n) is 8.23. The Morgan fingerprint density at radius 2 is 1.83 bits per heavy atom. The molecule has 0 spiro atoms. The number of likely N-dealkylation sites (tertiary alicyclic amines) is 1. The van der Waals surface area contributed by atoms with Crippen molar-refractivity contribution in [3.8, 4) is 5.75 Å². The van der Waals surface area contributed by atoms with Gasteiger partial charge in [0.25, 0.3) is 5.91 Å². The van der Waals surface area contributed by atoms with E-state index in [-0.39, 0.29) is 5.91 Å². The first-order valence-electron chi connectivity index (χ1n) is 10.9. The predicted octanol–water partition coefficient (Wildman–Crippen LogP) is 4.06. The molecule has 0 aliphatic carbocycles. The lowest BCUT2D eigenvalue weighted by Crippen LogP contribution is -2.29. The number of methoxy groups -OCH3 is 1. The number of aliphatic imine (C=N–C) groups is 1. The molecule has 0 radical (unpaired) electrons. The maximum Gasteiger partial charge on any atom is 0.254 e. The maximum absolute atomic E-state index is 13.3. The summed E-state index contributed by atoms with van der Waals surface area (Å²) < 4.78 is 5.33. The van der Waals surface area contributed by atoms with Crippen molar-refractivity contribution in [3.05, 3.63) is 64.2 Å². The van der Waals surface area contributed by atoms with Crippen LogP contribution in [0.2, 0.25) is 0 Å². The van der Waals surface area contributed by atoms with Crippen molar-refractivity contribution in [2.24, 2.45) is 4.99 Å². The first-order valence-corrected chi connectivity index (χ1v) is 10.9. The Morgan fingerprint density at radius 3 is 2.57 bits per heavy atom. The number of fused-ring (bicyclic) bond motifs is 1. The van der Waals surface area contributed by atoms with E-state index in [0.717, 1.165) is 54.3 Å². The number of hydrogen-bond donors (Lipinski definition) is 0. The zero-order valence-corrected chi connectivity index (χ0v) is 18.3. The minimum absolute atomic E-state index is 0.0726. The molecule has 2 aliphatic rings. The molecule has 0 N–H and O–H groups in total. The van der Waals surface area contributed by atoms with Gasteiger partial charge in [0.05, 0.1) is 12.8 Å². The van der Waals surface area contributed by atoms with E-state index < -0.39 is 0 Å². The molecular weight excluding hydrogens is 374 g/mol. The SMILES string of the molecule is CCN=C(CN1CCCC1)c1cc(C(=O)N2Cc3ccc(OC)cc3C2)ccc1C. The van der Waals surface area contributed by atoms with Gasteiger partial charge in [-0.25, -0.2) is 0 Å². The van der Waals surface area contributed by atoms with Crippen molar-refractivity contribution in [1.82, 2.24) is 9.80 Å². The highest BCUT2D eigenvalue weighted by Crippen LogP contribution is 2.28. The highest BCUT2D eigenvalue weighted by molar-refractivity contribution is 6.05. The van der Waals surface area contributed by atoms with E-state index in [9.17, 15) is 4.79 Å². The van der Waals surface area contributed by atoms with Crippen molar-refractivity contribution in [2.45, 2.75) is 39.8 Å². The van der Waals surface area contributed by atoms with Crippen LogP contribution in [0.15, 0.2) is 41.4 Å². The molecule has 2 aromatic rings. The van der Waals surface area contributed by atoms with Gasteiger partial charge in [-0.05, 0) is 80.7 Å². The minimum atomic E-state index is 0.0726. The van der Waals surface area contributed by atoms with E-state index in [2.05, 4.69) is 30.9 Å². The second kappa shape index (κ2) is 9.00. The van der Waals surface area contributed by atoms with Crippen LogP contribution in [-0.2, 0) is 13.1 Å². The van der Waals surface area contributed by atoms with Gasteiger partial charge in [-0.15, -0.1) is 0 Å². The van der Waals surface area contributed by atoms with Crippen LogP contribution in [0.1, 0.15) is 52.4 Å². The number of nitrogens with zero attached hydrogens (tertiary/aromatic N) is 3. The summed E-state index contributed by atoms with van der Waals surface area (Å²) in [7, 11) is 1.67. The number of ether oxygens (including phenoxy) is 1. The first kappa shape index (κ1) is 20.6. The van der Waals surface area contributed by atoms with Crippen LogP contribution in [0.3, 0.4) is 0 Å². The maximum atomic E-state index is 13.3. The molecule has 0 aromatic heterocycles. The predicted molar refractivity (Wildman–Crippen MR) is 121 cm³/mol. The monoisotopic (exact) mass is 405 g/mol. The molecule has 4 rings (SSSR count). The molecular formula is C25H31N3O2. The van der Waals surface area contributed by atoms with E-state index in [1.165, 1.54) is 24.0 Å². The van der Waals surface area contributed by atoms with E-state index >= 15 is 0 Å². The molecule has 2 aliphatic heterocycles. The van der Waals surface area contributed by atoms with Gasteiger partial charge in [0, 0.05) is 37.3 Å². The van der Waals surface area contributed by atoms with E-state index in [4.69, 9.17) is 9.73 Å². The lowest BCUT2D eigenvalue weighted by Gasteiger charge is -2.20. The first-order chi connectivity index (χ1) is 14.6. The van der Waals surface area contributed by atoms with Gasteiger partial charge in [0.2, 0.25) is 0 Å². The normalized spacial score (nSPS) is 16.8. The standard InChI is InChI=1S/C25H31N3O2/c1-4-26-24(17-27-11-5-6-12-27)23-14-19(8-7-18(23)2)25(29)28-15-20-9-10-22(30-3)13-21(20)16-28/h7-10,13-14H,4-6,11-12,15-17H2,1-3H3. The number of carbonyl (C=O) groups excluding carboxylic acids is 1. The number of carbonyl (C=O) groups is 1. The van der Waals surface area contributed by atoms with Crippen LogP contribution in [0.5, 0.6) is 5.75 Å². The molecule has 0 atom stereocenters. The third-order valence-electron chi connectivity index (χ3n) is 6.14. The summed E-state index contributed by atoms with van der Waals surface area (Å²) in [6, 6.07) is 12.1. The molecule has 0 bridgehead atoms. The van der Waals surface area contributed by atoms with Crippen LogP contribution < -0.4 is 4.74 Å². The third-order valence-corrected chi connectivity index (χ3v) is 6.14. The number of rotatable bonds is 6. The van der Waals surface area contributed by atoms with Crippen LogP contribution >= 0.6 is 0 Å². The summed E-state index contributed by atoms with van der Waals surface area (Å²) >= 11 is 0. The smallest absolute Gasteiger partial charge is 0.254 e. The van der Waals surface area contributed by atoms with Gasteiger partial charge in [0.15, 0.2) is 0 Å². The fourth-order valence-corrected chi connectivity index (χ4v) is 4.45. The summed E-state index contributed by atoms with van der Waals surface area (Å²) in [5.41, 5.74) is 6.47. The van der Waals surface area contributed by atoms with Crippen molar-refractivity contribution in [1.29, 1.82) is 0 Å². The Balaban J connectivity index is 1.56. The Kier molecular flexibility index (Phi) is 6.18. The summed E-state index contributed by atoms with van der Waals surface area (Å²) in [6.45, 7) is 9.33. The summed E-state index contributed by atoms with van der Waals surface area (Å²) in [5, 5.41) is 0. The van der Waals surface area contributed by atoms with Crippen LogP contribution in [-0.4, -0.2) is 54.7 Å². The van der Waals surface area contributed by atoms with E-state index in [0.29, 0.717) is 13.1 Å². The molecule has 2 heterocycles. The largest absolute Gasteiger partial charge is 0.497 e. The zero-order valence-electron chi connectivity index (χ0n) is 18.3. The zero-order chi connectivity index (χ0) is 21.1. The molecule has 2 aromatic carbocycles. The molecule has 30 heavy (non-hydrogen) atoms. The molecule has 1 amide bonds. The van der Waals surface area contributed by atoms with Gasteiger partial charge in [-0.3, -0.25) is 14.7 Å². The molecule has 1 saturated heterocycles. The van der Waals surface area contributed by atoms with Crippen molar-refractivity contribution >= 4 is 11.6 Å². The van der Waals surface area contributed by atoms with Gasteiger partial charge < -0.3 is 9.64 Å². The Bertz CT molecular complexity index is 961.